The summed E-state index contributed by atoms with van der Waals surface area (Å²) in [6.45, 7) is 3.17. The van der Waals surface area contributed by atoms with Gasteiger partial charge in [-0.05, 0) is 32.0 Å². The minimum absolute atomic E-state index is 0.00959. The summed E-state index contributed by atoms with van der Waals surface area (Å²) in [5.74, 6) is -1.35. The average molecular weight is 373 g/mol. The minimum atomic E-state index is -0.815. The Balaban J connectivity index is 2.38. The van der Waals surface area contributed by atoms with Crippen molar-refractivity contribution in [2.45, 2.75) is 13.8 Å². The van der Waals surface area contributed by atoms with Gasteiger partial charge in [0.05, 0.1) is 33.6 Å². The molecule has 2 aromatic carbocycles. The normalized spacial score (nSPS) is 10.1. The predicted octanol–water partition coefficient (Wildman–Crippen LogP) is 3.24. The molecule has 1 N–H and O–H groups in total. The van der Waals surface area contributed by atoms with Crippen LogP contribution in [0.2, 0.25) is 0 Å². The Kier molecular flexibility index (Phi) is 5.81. The lowest BCUT2D eigenvalue weighted by atomic mass is 10.0. The maximum atomic E-state index is 12.5. The van der Waals surface area contributed by atoms with E-state index in [1.807, 2.05) is 0 Å². The van der Waals surface area contributed by atoms with Crippen LogP contribution in [0.25, 0.3) is 0 Å². The molecule has 10 heteroatoms. The number of nitrogens with one attached hydrogen (secondary N) is 1. The number of nitro benzene ring substituents is 2. The molecule has 0 heterocycles. The molecule has 0 saturated heterocycles. The lowest BCUT2D eigenvalue weighted by molar-refractivity contribution is -0.394. The topological polar surface area (TPSA) is 142 Å². The van der Waals surface area contributed by atoms with Crippen molar-refractivity contribution in [1.29, 1.82) is 0 Å². The number of ether oxygens (including phenoxy) is 1. The molecule has 2 rings (SSSR count). The maximum absolute atomic E-state index is 12.5. The van der Waals surface area contributed by atoms with Gasteiger partial charge < -0.3 is 10.1 Å². The minimum Gasteiger partial charge on any atom is -0.462 e. The fraction of sp³-hybridized carbons (Fsp3) is 0.176. The predicted molar refractivity (Wildman–Crippen MR) is 94.8 cm³/mol. The van der Waals surface area contributed by atoms with E-state index in [-0.39, 0.29) is 29.0 Å². The third-order valence-corrected chi connectivity index (χ3v) is 3.65. The van der Waals surface area contributed by atoms with Crippen LogP contribution in [0, 0.1) is 27.2 Å². The summed E-state index contributed by atoms with van der Waals surface area (Å²) in [7, 11) is 0. The van der Waals surface area contributed by atoms with Crippen molar-refractivity contribution < 1.29 is 24.2 Å². The van der Waals surface area contributed by atoms with Crippen molar-refractivity contribution >= 4 is 28.9 Å². The largest absolute Gasteiger partial charge is 0.462 e. The van der Waals surface area contributed by atoms with Crippen molar-refractivity contribution in [3.8, 4) is 0 Å². The van der Waals surface area contributed by atoms with Crippen LogP contribution in [0.5, 0.6) is 0 Å². The number of carbonyl (C=O) groups excluding carboxylic acids is 2. The van der Waals surface area contributed by atoms with E-state index < -0.39 is 33.1 Å². The molecule has 0 aliphatic carbocycles. The first-order valence-electron chi connectivity index (χ1n) is 7.76. The van der Waals surface area contributed by atoms with E-state index in [9.17, 15) is 29.8 Å². The number of carbonyl (C=O) groups is 2. The Morgan fingerprint density at radius 1 is 1.11 bits per heavy atom. The lowest BCUT2D eigenvalue weighted by Gasteiger charge is -2.09. The summed E-state index contributed by atoms with van der Waals surface area (Å²) in [5.41, 5.74) is -0.884. The molecule has 0 aliphatic heterocycles. The van der Waals surface area contributed by atoms with Crippen LogP contribution in [0.4, 0.5) is 17.1 Å². The van der Waals surface area contributed by atoms with Crippen molar-refractivity contribution in [1.82, 2.24) is 0 Å². The van der Waals surface area contributed by atoms with Gasteiger partial charge in [0.25, 0.3) is 17.3 Å². The highest BCUT2D eigenvalue weighted by atomic mass is 16.6. The first-order valence-corrected chi connectivity index (χ1v) is 7.76. The van der Waals surface area contributed by atoms with Gasteiger partial charge in [-0.3, -0.25) is 25.0 Å². The van der Waals surface area contributed by atoms with E-state index in [2.05, 4.69) is 5.32 Å². The molecule has 0 bridgehead atoms. The fourth-order valence-electron chi connectivity index (χ4n) is 2.35. The summed E-state index contributed by atoms with van der Waals surface area (Å²) in [6.07, 6.45) is 0. The number of nitrogens with zero attached hydrogens (tertiary/aromatic N) is 2. The molecule has 1 amide bonds. The standard InChI is InChI=1S/C17H15N3O7/c1-3-27-17(22)11-5-4-6-12(7-11)18-16(21)14-8-13(19(23)24)9-15(10(14)2)20(25)26/h4-9H,3H2,1-2H3,(H,18,21). The number of anilines is 1. The van der Waals surface area contributed by atoms with E-state index in [1.54, 1.807) is 6.92 Å². The van der Waals surface area contributed by atoms with Gasteiger partial charge in [0, 0.05) is 17.3 Å². The molecular formula is C17H15N3O7. The third-order valence-electron chi connectivity index (χ3n) is 3.65. The Bertz CT molecular complexity index is 940. The first-order chi connectivity index (χ1) is 12.7. The van der Waals surface area contributed by atoms with Gasteiger partial charge in [-0.2, -0.15) is 0 Å². The molecule has 0 fully saturated rings. The number of amides is 1. The number of hydrogen-bond donors (Lipinski definition) is 1. The number of esters is 1. The van der Waals surface area contributed by atoms with Crippen LogP contribution in [0.3, 0.4) is 0 Å². The summed E-state index contributed by atoms with van der Waals surface area (Å²) < 4.78 is 4.87. The van der Waals surface area contributed by atoms with Gasteiger partial charge in [0.15, 0.2) is 0 Å². The molecule has 2 aromatic rings. The van der Waals surface area contributed by atoms with Crippen molar-refractivity contribution in [3.05, 3.63) is 73.3 Å². The Hall–Kier alpha value is -3.82. The number of benzene rings is 2. The molecule has 0 aromatic heterocycles. The highest BCUT2D eigenvalue weighted by molar-refractivity contribution is 6.06. The van der Waals surface area contributed by atoms with E-state index in [1.165, 1.54) is 31.2 Å². The van der Waals surface area contributed by atoms with Gasteiger partial charge in [-0.1, -0.05) is 6.07 Å². The smallest absolute Gasteiger partial charge is 0.338 e. The highest BCUT2D eigenvalue weighted by Crippen LogP contribution is 2.28. The van der Waals surface area contributed by atoms with Crippen molar-refractivity contribution in [2.24, 2.45) is 0 Å². The van der Waals surface area contributed by atoms with Crippen LogP contribution in [0.1, 0.15) is 33.2 Å². The van der Waals surface area contributed by atoms with Crippen LogP contribution in [-0.2, 0) is 4.74 Å². The number of nitro groups is 2. The molecule has 0 radical (unpaired) electrons. The zero-order chi connectivity index (χ0) is 20.1. The van der Waals surface area contributed by atoms with Crippen molar-refractivity contribution in [3.63, 3.8) is 0 Å². The monoisotopic (exact) mass is 373 g/mol. The molecule has 0 unspecified atom stereocenters. The quantitative estimate of drug-likeness (QED) is 0.465. The van der Waals surface area contributed by atoms with Gasteiger partial charge >= 0.3 is 5.97 Å². The van der Waals surface area contributed by atoms with Crippen LogP contribution < -0.4 is 5.32 Å². The second kappa shape index (κ2) is 8.04. The molecule has 27 heavy (non-hydrogen) atoms. The molecule has 140 valence electrons. The van der Waals surface area contributed by atoms with E-state index in [0.717, 1.165) is 12.1 Å². The molecule has 10 nitrogen and oxygen atoms in total. The number of hydrogen-bond acceptors (Lipinski definition) is 7. The van der Waals surface area contributed by atoms with Crippen molar-refractivity contribution in [2.75, 3.05) is 11.9 Å². The molecule has 0 aliphatic rings. The number of rotatable bonds is 6. The van der Waals surface area contributed by atoms with Crippen LogP contribution >= 0.6 is 0 Å². The zero-order valence-electron chi connectivity index (χ0n) is 14.4. The second-order valence-electron chi connectivity index (χ2n) is 5.41. The van der Waals surface area contributed by atoms with Gasteiger partial charge in [0.2, 0.25) is 0 Å². The summed E-state index contributed by atoms with van der Waals surface area (Å²) in [6, 6.07) is 7.65. The Morgan fingerprint density at radius 3 is 2.41 bits per heavy atom. The SMILES string of the molecule is CCOC(=O)c1cccc(NC(=O)c2cc([N+](=O)[O-])cc([N+](=O)[O-])c2C)c1. The summed E-state index contributed by atoms with van der Waals surface area (Å²) >= 11 is 0. The third kappa shape index (κ3) is 4.42. The van der Waals surface area contributed by atoms with Gasteiger partial charge in [-0.25, -0.2) is 4.79 Å². The van der Waals surface area contributed by atoms with Gasteiger partial charge in [0.1, 0.15) is 0 Å². The lowest BCUT2D eigenvalue weighted by Crippen LogP contribution is -2.15. The number of non-ortho nitro benzene ring substituents is 1. The van der Waals surface area contributed by atoms with Crippen LogP contribution in [0.15, 0.2) is 36.4 Å². The average Bonchev–Trinajstić information content (AvgIpc) is 2.61. The van der Waals surface area contributed by atoms with Crippen LogP contribution in [-0.4, -0.2) is 28.3 Å². The molecule has 0 spiro atoms. The Labute approximate surface area is 153 Å². The Morgan fingerprint density at radius 2 is 1.81 bits per heavy atom. The highest BCUT2D eigenvalue weighted by Gasteiger charge is 2.24. The van der Waals surface area contributed by atoms with Gasteiger partial charge in [-0.15, -0.1) is 0 Å². The maximum Gasteiger partial charge on any atom is 0.338 e. The molecule has 0 atom stereocenters. The van der Waals surface area contributed by atoms with E-state index in [4.69, 9.17) is 4.74 Å². The second-order valence-corrected chi connectivity index (χ2v) is 5.41. The summed E-state index contributed by atoms with van der Waals surface area (Å²) in [5, 5.41) is 24.6. The fourth-order valence-corrected chi connectivity index (χ4v) is 2.35. The summed E-state index contributed by atoms with van der Waals surface area (Å²) in [4.78, 5) is 44.8. The molecule has 0 saturated carbocycles. The van der Waals surface area contributed by atoms with E-state index >= 15 is 0 Å². The zero-order valence-corrected chi connectivity index (χ0v) is 14.4. The molecular weight excluding hydrogens is 358 g/mol. The van der Waals surface area contributed by atoms with E-state index in [0.29, 0.717) is 0 Å². The first kappa shape index (κ1) is 19.5.